The number of aromatic nitrogens is 1. The van der Waals surface area contributed by atoms with Crippen LogP contribution in [0.4, 0.5) is 0 Å². The van der Waals surface area contributed by atoms with Gasteiger partial charge in [-0.25, -0.2) is 14.3 Å². The quantitative estimate of drug-likeness (QED) is 0.298. The average Bonchev–Trinajstić information content (AvgIpc) is 3.48. The van der Waals surface area contributed by atoms with Crippen molar-refractivity contribution in [3.8, 4) is 0 Å². The van der Waals surface area contributed by atoms with Crippen molar-refractivity contribution in [3.63, 3.8) is 0 Å². The molecule has 0 amide bonds. The Kier molecular flexibility index (Phi) is 7.24. The number of hydrogen-bond donors (Lipinski definition) is 1. The van der Waals surface area contributed by atoms with E-state index in [1.54, 1.807) is 36.7 Å². The van der Waals surface area contributed by atoms with Crippen LogP contribution in [0.15, 0.2) is 66.3 Å². The molecule has 1 aliphatic rings. The highest BCUT2D eigenvalue weighted by Gasteiger charge is 2.48. The van der Waals surface area contributed by atoms with E-state index in [1.807, 2.05) is 37.5 Å². The molecule has 8 heteroatoms. The van der Waals surface area contributed by atoms with Crippen molar-refractivity contribution in [2.75, 3.05) is 5.84 Å². The zero-order chi connectivity index (χ0) is 24.6. The van der Waals surface area contributed by atoms with E-state index < -0.39 is 10.1 Å². The summed E-state index contributed by atoms with van der Waals surface area (Å²) in [7, 11) is -4.33. The molecule has 0 atom stereocenters. The summed E-state index contributed by atoms with van der Waals surface area (Å²) in [6, 6.07) is 13.0. The number of rotatable bonds is 4. The Bertz CT molecular complexity index is 1310. The maximum atomic E-state index is 10.8. The van der Waals surface area contributed by atoms with Gasteiger partial charge in [0.2, 0.25) is 6.20 Å². The van der Waals surface area contributed by atoms with Gasteiger partial charge in [-0.2, -0.15) is 0 Å². The number of hydrogen-bond acceptors (Lipinski definition) is 4. The number of aryl methyl sites for hydroxylation is 3. The molecule has 0 unspecified atom stereocenters. The predicted octanol–water partition coefficient (Wildman–Crippen LogP) is 5.26. The Morgan fingerprint density at radius 1 is 1.09 bits per heavy atom. The third kappa shape index (κ3) is 5.58. The standard InChI is InChI=1S/C16H15Cl2N2.C9H12O3S/c1-11(14-5-4-13(17)9-15(14)18)16(6-7-16)12-3-2-8-20(19)10-12;1-6-4-7(2)9(8(3)5-6)13(10,11)12/h2-5,8-10H,1,6-7,19H2;4-5H,1-3H3,(H,10,11,12)/q+1;/p-1. The van der Waals surface area contributed by atoms with Gasteiger partial charge >= 0.3 is 0 Å². The van der Waals surface area contributed by atoms with Crippen LogP contribution in [0, 0.1) is 20.8 Å². The highest BCUT2D eigenvalue weighted by Crippen LogP contribution is 2.57. The topological polar surface area (TPSA) is 87.1 Å². The molecular formula is C25H26Cl2N2O3S. The van der Waals surface area contributed by atoms with E-state index in [-0.39, 0.29) is 10.3 Å². The molecule has 0 radical (unpaired) electrons. The highest BCUT2D eigenvalue weighted by atomic mass is 35.5. The molecule has 1 saturated carbocycles. The van der Waals surface area contributed by atoms with Gasteiger partial charge in [0.1, 0.15) is 10.1 Å². The second-order valence-electron chi connectivity index (χ2n) is 8.41. The Labute approximate surface area is 205 Å². The van der Waals surface area contributed by atoms with Crippen LogP contribution in [0.25, 0.3) is 5.57 Å². The third-order valence-corrected chi connectivity index (χ3v) is 7.51. The van der Waals surface area contributed by atoms with Gasteiger partial charge in [-0.1, -0.05) is 58.2 Å². The van der Waals surface area contributed by atoms with Gasteiger partial charge in [0.15, 0.2) is 6.20 Å². The maximum absolute atomic E-state index is 10.8. The molecule has 33 heavy (non-hydrogen) atoms. The van der Waals surface area contributed by atoms with E-state index >= 15 is 0 Å². The average molecular weight is 505 g/mol. The molecule has 2 N–H and O–H groups in total. The highest BCUT2D eigenvalue weighted by molar-refractivity contribution is 7.85. The number of pyridine rings is 1. The summed E-state index contributed by atoms with van der Waals surface area (Å²) in [5.41, 5.74) is 5.13. The van der Waals surface area contributed by atoms with E-state index in [9.17, 15) is 13.0 Å². The minimum absolute atomic E-state index is 0.0418. The first-order valence-corrected chi connectivity index (χ1v) is 12.5. The second-order valence-corrected chi connectivity index (χ2v) is 10.6. The number of nitrogens with two attached hydrogens (primary N) is 1. The number of nitrogens with zero attached hydrogens (tertiary/aromatic N) is 1. The number of halogens is 2. The van der Waals surface area contributed by atoms with Gasteiger partial charge in [0.25, 0.3) is 0 Å². The molecular weight excluding hydrogens is 479 g/mol. The summed E-state index contributed by atoms with van der Waals surface area (Å²) in [4.78, 5) is -0.0851. The van der Waals surface area contributed by atoms with E-state index in [0.717, 1.165) is 29.5 Å². The Morgan fingerprint density at radius 2 is 1.70 bits per heavy atom. The molecule has 2 aromatic carbocycles. The molecule has 1 aromatic heterocycles. The first-order valence-electron chi connectivity index (χ1n) is 10.3. The summed E-state index contributed by atoms with van der Waals surface area (Å²) in [6.45, 7) is 9.40. The van der Waals surface area contributed by atoms with Crippen molar-refractivity contribution in [1.82, 2.24) is 0 Å². The van der Waals surface area contributed by atoms with Gasteiger partial charge in [-0.15, -0.1) is 0 Å². The van der Waals surface area contributed by atoms with Crippen LogP contribution in [0.5, 0.6) is 0 Å². The molecule has 3 aromatic rings. The lowest BCUT2D eigenvalue weighted by molar-refractivity contribution is -0.639. The van der Waals surface area contributed by atoms with E-state index in [2.05, 4.69) is 12.6 Å². The fourth-order valence-corrected chi connectivity index (χ4v) is 5.65. The van der Waals surface area contributed by atoms with Gasteiger partial charge < -0.3 is 4.55 Å². The molecule has 1 aliphatic carbocycles. The van der Waals surface area contributed by atoms with Crippen LogP contribution in [0.1, 0.15) is 40.7 Å². The SMILES string of the molecule is C=C(c1ccc(Cl)cc1Cl)C1(c2ccc[n+](N)c2)CC1.Cc1cc(C)c(S(=O)(=O)[O-])c(C)c1. The second kappa shape index (κ2) is 9.47. The zero-order valence-corrected chi connectivity index (χ0v) is 21.1. The monoisotopic (exact) mass is 504 g/mol. The maximum Gasteiger partial charge on any atom is 0.203 e. The van der Waals surface area contributed by atoms with Crippen LogP contribution in [-0.4, -0.2) is 13.0 Å². The van der Waals surface area contributed by atoms with Crippen molar-refractivity contribution in [2.45, 2.75) is 43.9 Å². The fraction of sp³-hybridized carbons (Fsp3) is 0.240. The van der Waals surface area contributed by atoms with Crippen LogP contribution in [0.3, 0.4) is 0 Å². The molecule has 4 rings (SSSR count). The van der Waals surface area contributed by atoms with Gasteiger partial charge in [-0.3, -0.25) is 0 Å². The predicted molar refractivity (Wildman–Crippen MR) is 132 cm³/mol. The van der Waals surface area contributed by atoms with Crippen molar-refractivity contribution >= 4 is 38.9 Å². The first kappa shape index (κ1) is 25.2. The van der Waals surface area contributed by atoms with Crippen LogP contribution in [-0.2, 0) is 15.5 Å². The van der Waals surface area contributed by atoms with Crippen molar-refractivity contribution < 1.29 is 17.6 Å². The van der Waals surface area contributed by atoms with Crippen LogP contribution < -0.4 is 10.5 Å². The van der Waals surface area contributed by atoms with Crippen LogP contribution in [0.2, 0.25) is 10.0 Å². The van der Waals surface area contributed by atoms with E-state index in [4.69, 9.17) is 29.0 Å². The summed E-state index contributed by atoms with van der Waals surface area (Å²) in [5, 5.41) is 1.28. The lowest BCUT2D eigenvalue weighted by Gasteiger charge is -2.19. The number of benzene rings is 2. The number of nitrogen functional groups attached to an aromatic ring is 1. The van der Waals surface area contributed by atoms with Crippen molar-refractivity contribution in [3.05, 3.63) is 99.3 Å². The lowest BCUT2D eigenvalue weighted by Crippen LogP contribution is -2.44. The molecule has 1 fully saturated rings. The molecule has 0 saturated heterocycles. The summed E-state index contributed by atoms with van der Waals surface area (Å²) >= 11 is 12.3. The fourth-order valence-electron chi connectivity index (χ4n) is 4.22. The largest absolute Gasteiger partial charge is 0.744 e. The molecule has 1 heterocycles. The summed E-state index contributed by atoms with van der Waals surface area (Å²) in [5.74, 6) is 5.82. The molecule has 174 valence electrons. The number of allylic oxidation sites excluding steroid dienone is 1. The van der Waals surface area contributed by atoms with Crippen LogP contribution >= 0.6 is 23.2 Å². The van der Waals surface area contributed by atoms with Crippen molar-refractivity contribution in [1.29, 1.82) is 0 Å². The lowest BCUT2D eigenvalue weighted by atomic mass is 9.85. The zero-order valence-electron chi connectivity index (χ0n) is 18.7. The minimum Gasteiger partial charge on any atom is -0.744 e. The Balaban J connectivity index is 0.000000205. The van der Waals surface area contributed by atoms with Gasteiger partial charge in [0.05, 0.1) is 4.90 Å². The van der Waals surface area contributed by atoms with Gasteiger partial charge in [0, 0.05) is 27.1 Å². The molecule has 0 bridgehead atoms. The molecule has 0 aliphatic heterocycles. The third-order valence-electron chi connectivity index (χ3n) is 5.81. The molecule has 5 nitrogen and oxygen atoms in total. The molecule has 0 spiro atoms. The summed E-state index contributed by atoms with van der Waals surface area (Å²) in [6.07, 6.45) is 5.89. The normalized spacial score (nSPS) is 14.2. The van der Waals surface area contributed by atoms with E-state index in [1.165, 1.54) is 5.56 Å². The summed E-state index contributed by atoms with van der Waals surface area (Å²) < 4.78 is 34.1. The first-order chi connectivity index (χ1) is 15.3. The minimum atomic E-state index is -4.33. The Hall–Kier alpha value is -2.38. The van der Waals surface area contributed by atoms with Gasteiger partial charge in [-0.05, 0) is 74.1 Å². The smallest absolute Gasteiger partial charge is 0.203 e. The van der Waals surface area contributed by atoms with Crippen molar-refractivity contribution in [2.24, 2.45) is 0 Å². The van der Waals surface area contributed by atoms with E-state index in [0.29, 0.717) is 21.2 Å². The Morgan fingerprint density at radius 3 is 2.18 bits per heavy atom.